The largest absolute Gasteiger partial charge is 0.350 e. The van der Waals surface area contributed by atoms with Crippen molar-refractivity contribution in [1.29, 1.82) is 0 Å². The van der Waals surface area contributed by atoms with Gasteiger partial charge >= 0.3 is 0 Å². The molecule has 2 saturated heterocycles. The summed E-state index contributed by atoms with van der Waals surface area (Å²) in [7, 11) is 0. The number of carbonyl (C=O) groups excluding carboxylic acids is 2. The SMILES string of the molecule is C[C@]1(C(=O)N[C@@H]2CCN(C(=O)CCc3ccccc3)C2)CCCS1. The molecule has 2 heterocycles. The summed E-state index contributed by atoms with van der Waals surface area (Å²) in [6, 6.07) is 10.2. The van der Waals surface area contributed by atoms with Crippen molar-refractivity contribution in [3.8, 4) is 0 Å². The van der Waals surface area contributed by atoms with Crippen LogP contribution in [0, 0.1) is 0 Å². The van der Waals surface area contributed by atoms with Crippen LogP contribution >= 0.6 is 11.8 Å². The Morgan fingerprint density at radius 1 is 1.33 bits per heavy atom. The van der Waals surface area contributed by atoms with Gasteiger partial charge in [-0.15, -0.1) is 11.8 Å². The zero-order valence-electron chi connectivity index (χ0n) is 14.3. The number of benzene rings is 1. The quantitative estimate of drug-likeness (QED) is 0.892. The van der Waals surface area contributed by atoms with Gasteiger partial charge in [-0.3, -0.25) is 9.59 Å². The molecule has 0 spiro atoms. The lowest BCUT2D eigenvalue weighted by Crippen LogP contribution is -2.46. The smallest absolute Gasteiger partial charge is 0.236 e. The van der Waals surface area contributed by atoms with Crippen LogP contribution < -0.4 is 5.32 Å². The highest BCUT2D eigenvalue weighted by molar-refractivity contribution is 8.01. The van der Waals surface area contributed by atoms with E-state index in [0.29, 0.717) is 13.0 Å². The minimum Gasteiger partial charge on any atom is -0.350 e. The third-order valence-corrected chi connectivity index (χ3v) is 6.57. The first-order valence-corrected chi connectivity index (χ1v) is 9.82. The predicted octanol–water partition coefficient (Wildman–Crippen LogP) is 2.62. The molecule has 0 unspecified atom stereocenters. The van der Waals surface area contributed by atoms with Gasteiger partial charge in [0.25, 0.3) is 0 Å². The van der Waals surface area contributed by atoms with Gasteiger partial charge in [-0.25, -0.2) is 0 Å². The van der Waals surface area contributed by atoms with E-state index >= 15 is 0 Å². The molecule has 0 bridgehead atoms. The van der Waals surface area contributed by atoms with Gasteiger partial charge in [0.2, 0.25) is 11.8 Å². The Balaban J connectivity index is 1.44. The number of rotatable bonds is 5. The van der Waals surface area contributed by atoms with Gasteiger partial charge in [0.1, 0.15) is 0 Å². The third-order valence-electron chi connectivity index (χ3n) is 5.05. The van der Waals surface area contributed by atoms with E-state index in [-0.39, 0.29) is 22.6 Å². The molecule has 4 nitrogen and oxygen atoms in total. The molecular weight excluding hydrogens is 320 g/mol. The van der Waals surface area contributed by atoms with Crippen LogP contribution in [0.1, 0.15) is 38.2 Å². The van der Waals surface area contributed by atoms with Crippen LogP contribution in [-0.2, 0) is 16.0 Å². The molecule has 0 aliphatic carbocycles. The van der Waals surface area contributed by atoms with Gasteiger partial charge in [-0.2, -0.15) is 0 Å². The topological polar surface area (TPSA) is 49.4 Å². The fourth-order valence-corrected chi connectivity index (χ4v) is 4.67. The minimum atomic E-state index is -0.273. The number of nitrogens with one attached hydrogen (secondary N) is 1. The summed E-state index contributed by atoms with van der Waals surface area (Å²) in [5, 5.41) is 3.17. The van der Waals surface area contributed by atoms with Gasteiger partial charge in [-0.05, 0) is 43.9 Å². The fraction of sp³-hybridized carbons (Fsp3) is 0.579. The van der Waals surface area contributed by atoms with Gasteiger partial charge in [0.05, 0.1) is 4.75 Å². The second-order valence-corrected chi connectivity index (χ2v) is 8.57. The van der Waals surface area contributed by atoms with E-state index in [1.54, 1.807) is 11.8 Å². The molecule has 24 heavy (non-hydrogen) atoms. The number of likely N-dealkylation sites (tertiary alicyclic amines) is 1. The summed E-state index contributed by atoms with van der Waals surface area (Å²) in [6.07, 6.45) is 4.25. The highest BCUT2D eigenvalue weighted by Gasteiger charge is 2.39. The molecule has 1 aromatic carbocycles. The Morgan fingerprint density at radius 3 is 2.83 bits per heavy atom. The van der Waals surface area contributed by atoms with Crippen molar-refractivity contribution in [2.45, 2.75) is 49.8 Å². The lowest BCUT2D eigenvalue weighted by molar-refractivity contribution is -0.130. The van der Waals surface area contributed by atoms with Crippen molar-refractivity contribution >= 4 is 23.6 Å². The molecule has 0 radical (unpaired) electrons. The van der Waals surface area contributed by atoms with Crippen molar-refractivity contribution in [2.75, 3.05) is 18.8 Å². The third kappa shape index (κ3) is 4.12. The molecule has 2 atom stereocenters. The van der Waals surface area contributed by atoms with Crippen LogP contribution in [0.3, 0.4) is 0 Å². The first-order chi connectivity index (χ1) is 11.6. The molecule has 2 fully saturated rings. The fourth-order valence-electron chi connectivity index (χ4n) is 3.45. The Morgan fingerprint density at radius 2 is 2.12 bits per heavy atom. The first-order valence-electron chi connectivity index (χ1n) is 8.83. The Labute approximate surface area is 148 Å². The number of carbonyl (C=O) groups is 2. The number of hydrogen-bond acceptors (Lipinski definition) is 3. The maximum Gasteiger partial charge on any atom is 0.236 e. The van der Waals surface area contributed by atoms with Crippen LogP contribution in [0.4, 0.5) is 0 Å². The van der Waals surface area contributed by atoms with E-state index < -0.39 is 0 Å². The number of thioether (sulfide) groups is 1. The van der Waals surface area contributed by atoms with Crippen LogP contribution in [0.25, 0.3) is 0 Å². The number of aryl methyl sites for hydroxylation is 1. The van der Waals surface area contributed by atoms with Crippen molar-refractivity contribution in [3.63, 3.8) is 0 Å². The zero-order chi connectivity index (χ0) is 17.0. The molecule has 5 heteroatoms. The predicted molar refractivity (Wildman–Crippen MR) is 98.0 cm³/mol. The normalized spacial score (nSPS) is 26.5. The van der Waals surface area contributed by atoms with Crippen LogP contribution in [0.5, 0.6) is 0 Å². The molecule has 0 saturated carbocycles. The maximum atomic E-state index is 12.5. The summed E-state index contributed by atoms with van der Waals surface area (Å²) in [6.45, 7) is 3.44. The van der Waals surface area contributed by atoms with E-state index in [1.165, 1.54) is 5.56 Å². The standard InChI is InChI=1S/C19H26N2O2S/c1-19(11-5-13-24-19)18(23)20-16-10-12-21(14-16)17(22)9-8-15-6-3-2-4-7-15/h2-4,6-7,16H,5,8-14H2,1H3,(H,20,23)/t16-,19-/m1/s1. The zero-order valence-corrected chi connectivity index (χ0v) is 15.1. The molecule has 3 rings (SSSR count). The molecule has 1 N–H and O–H groups in total. The molecule has 2 aliphatic rings. The van der Waals surface area contributed by atoms with Crippen molar-refractivity contribution in [1.82, 2.24) is 10.2 Å². The Bertz CT molecular complexity index is 584. The molecule has 130 valence electrons. The lowest BCUT2D eigenvalue weighted by Gasteiger charge is -2.24. The second kappa shape index (κ2) is 7.60. The van der Waals surface area contributed by atoms with E-state index in [0.717, 1.165) is 38.0 Å². The van der Waals surface area contributed by atoms with Crippen molar-refractivity contribution < 1.29 is 9.59 Å². The summed E-state index contributed by atoms with van der Waals surface area (Å²) in [4.78, 5) is 26.8. The highest BCUT2D eigenvalue weighted by atomic mass is 32.2. The maximum absolute atomic E-state index is 12.5. The summed E-state index contributed by atoms with van der Waals surface area (Å²) >= 11 is 1.76. The van der Waals surface area contributed by atoms with Crippen molar-refractivity contribution in [2.24, 2.45) is 0 Å². The van der Waals surface area contributed by atoms with Gasteiger partial charge in [0, 0.05) is 25.6 Å². The molecule has 1 aromatic rings. The van der Waals surface area contributed by atoms with Crippen LogP contribution in [0.15, 0.2) is 30.3 Å². The minimum absolute atomic E-state index is 0.108. The van der Waals surface area contributed by atoms with E-state index in [2.05, 4.69) is 17.4 Å². The average Bonchev–Trinajstić information content (AvgIpc) is 3.24. The number of hydrogen-bond donors (Lipinski definition) is 1. The van der Waals surface area contributed by atoms with Crippen LogP contribution in [0.2, 0.25) is 0 Å². The molecule has 2 aliphatic heterocycles. The molecular formula is C19H26N2O2S. The van der Waals surface area contributed by atoms with Crippen LogP contribution in [-0.4, -0.2) is 46.3 Å². The second-order valence-electron chi connectivity index (χ2n) is 6.97. The number of nitrogens with zero attached hydrogens (tertiary/aromatic N) is 1. The van der Waals surface area contributed by atoms with Gasteiger partial charge < -0.3 is 10.2 Å². The summed E-state index contributed by atoms with van der Waals surface area (Å²) in [5.41, 5.74) is 1.20. The first kappa shape index (κ1) is 17.3. The lowest BCUT2D eigenvalue weighted by atomic mass is 10.0. The average molecular weight is 346 g/mol. The molecule has 2 amide bonds. The van der Waals surface area contributed by atoms with Gasteiger partial charge in [-0.1, -0.05) is 30.3 Å². The Kier molecular flexibility index (Phi) is 5.49. The van der Waals surface area contributed by atoms with E-state index in [4.69, 9.17) is 0 Å². The highest BCUT2D eigenvalue weighted by Crippen LogP contribution is 2.38. The monoisotopic (exact) mass is 346 g/mol. The van der Waals surface area contributed by atoms with Crippen molar-refractivity contribution in [3.05, 3.63) is 35.9 Å². The summed E-state index contributed by atoms with van der Waals surface area (Å²) in [5.74, 6) is 1.41. The molecule has 0 aromatic heterocycles. The van der Waals surface area contributed by atoms with E-state index in [9.17, 15) is 9.59 Å². The summed E-state index contributed by atoms with van der Waals surface area (Å²) < 4.78 is -0.273. The number of amides is 2. The van der Waals surface area contributed by atoms with E-state index in [1.807, 2.05) is 30.0 Å². The van der Waals surface area contributed by atoms with Gasteiger partial charge in [0.15, 0.2) is 0 Å². The Hall–Kier alpha value is -1.49.